The molecule has 0 saturated carbocycles. The van der Waals surface area contributed by atoms with Gasteiger partial charge in [-0.15, -0.1) is 0 Å². The number of halogens is 1. The van der Waals surface area contributed by atoms with Crippen LogP contribution in [0, 0.1) is 11.3 Å². The van der Waals surface area contributed by atoms with Gasteiger partial charge in [-0.3, -0.25) is 0 Å². The van der Waals surface area contributed by atoms with Crippen LogP contribution in [0.3, 0.4) is 0 Å². The number of aromatic amines is 1. The maximum Gasteiger partial charge on any atom is 0.107 e. The number of nitrogens with one attached hydrogen (secondary N) is 1. The topological polar surface area (TPSA) is 52.5 Å². The summed E-state index contributed by atoms with van der Waals surface area (Å²) in [6.45, 7) is 2.20. The number of H-pyrrole nitrogens is 1. The third kappa shape index (κ3) is 4.78. The van der Waals surface area contributed by atoms with Crippen molar-refractivity contribution < 1.29 is 0 Å². The summed E-state index contributed by atoms with van der Waals surface area (Å²) in [5, 5.41) is 9.39. The average molecular weight is 470 g/mol. The van der Waals surface area contributed by atoms with Crippen LogP contribution in [0.1, 0.15) is 42.4 Å². The first kappa shape index (κ1) is 21.1. The Morgan fingerprint density at radius 2 is 1.65 bits per heavy atom. The lowest BCUT2D eigenvalue weighted by Gasteiger charge is -2.08. The van der Waals surface area contributed by atoms with Crippen molar-refractivity contribution in [3.05, 3.63) is 99.9 Å². The predicted molar refractivity (Wildman–Crippen MR) is 130 cm³/mol. The van der Waals surface area contributed by atoms with Gasteiger partial charge in [-0.1, -0.05) is 89.9 Å². The Kier molecular flexibility index (Phi) is 6.64. The molecule has 1 heterocycles. The fourth-order valence-corrected chi connectivity index (χ4v) is 4.24. The molecular weight excluding hydrogens is 446 g/mol. The van der Waals surface area contributed by atoms with Crippen molar-refractivity contribution in [2.75, 3.05) is 0 Å². The highest BCUT2D eigenvalue weighted by Gasteiger charge is 2.15. The molecule has 0 atom stereocenters. The molecule has 0 aliphatic rings. The minimum absolute atomic E-state index is 0.695. The van der Waals surface area contributed by atoms with E-state index in [9.17, 15) is 5.26 Å². The van der Waals surface area contributed by atoms with Crippen LogP contribution in [0.5, 0.6) is 0 Å². The smallest absolute Gasteiger partial charge is 0.107 e. The number of benzene rings is 3. The van der Waals surface area contributed by atoms with Gasteiger partial charge >= 0.3 is 0 Å². The summed E-state index contributed by atoms with van der Waals surface area (Å²) in [5.74, 6) is 1.04. The van der Waals surface area contributed by atoms with Gasteiger partial charge in [0.2, 0.25) is 0 Å². The first-order valence-corrected chi connectivity index (χ1v) is 11.4. The van der Waals surface area contributed by atoms with Gasteiger partial charge in [0.15, 0.2) is 0 Å². The number of nitrogens with zero attached hydrogens (tertiary/aromatic N) is 2. The molecule has 0 saturated heterocycles. The average Bonchev–Trinajstić information content (AvgIpc) is 3.20. The van der Waals surface area contributed by atoms with Gasteiger partial charge in [-0.2, -0.15) is 5.26 Å². The normalized spacial score (nSPS) is 10.7. The monoisotopic (exact) mass is 469 g/mol. The molecule has 3 nitrogen and oxygen atoms in total. The van der Waals surface area contributed by atoms with Gasteiger partial charge < -0.3 is 4.98 Å². The fraction of sp³-hybridized carbons (Fsp3) is 0.185. The van der Waals surface area contributed by atoms with Crippen molar-refractivity contribution in [1.82, 2.24) is 9.97 Å². The molecule has 0 spiro atoms. The van der Waals surface area contributed by atoms with E-state index in [4.69, 9.17) is 4.98 Å². The quantitative estimate of drug-likeness (QED) is 0.308. The zero-order chi connectivity index (χ0) is 21.6. The summed E-state index contributed by atoms with van der Waals surface area (Å²) in [5.41, 5.74) is 7.17. The molecule has 3 aromatic carbocycles. The van der Waals surface area contributed by atoms with Crippen molar-refractivity contribution in [3.63, 3.8) is 0 Å². The number of nitriles is 1. The largest absolute Gasteiger partial charge is 0.345 e. The molecule has 0 radical (unpaired) electrons. The van der Waals surface area contributed by atoms with Crippen LogP contribution >= 0.6 is 15.9 Å². The molecule has 0 bridgehead atoms. The maximum atomic E-state index is 9.39. The lowest BCUT2D eigenvalue weighted by Crippen LogP contribution is -1.93. The first-order chi connectivity index (χ1) is 15.2. The second-order valence-corrected chi connectivity index (χ2v) is 8.48. The Bertz CT molecular complexity index is 1220. The molecule has 1 N–H and O–H groups in total. The van der Waals surface area contributed by atoms with Gasteiger partial charge in [0, 0.05) is 28.6 Å². The summed E-state index contributed by atoms with van der Waals surface area (Å²) in [6, 6.07) is 26.7. The Balaban J connectivity index is 1.65. The number of aromatic nitrogens is 2. The molecule has 154 valence electrons. The van der Waals surface area contributed by atoms with Gasteiger partial charge in [-0.25, -0.2) is 4.98 Å². The predicted octanol–water partition coefficient (Wildman–Crippen LogP) is 7.31. The molecule has 0 fully saturated rings. The van der Waals surface area contributed by atoms with E-state index in [0.717, 1.165) is 64.1 Å². The second-order valence-electron chi connectivity index (χ2n) is 7.63. The minimum atomic E-state index is 0.695. The maximum absolute atomic E-state index is 9.39. The van der Waals surface area contributed by atoms with Gasteiger partial charge in [0.1, 0.15) is 5.82 Å². The highest BCUT2D eigenvalue weighted by molar-refractivity contribution is 9.10. The Morgan fingerprint density at radius 3 is 2.35 bits per heavy atom. The fourth-order valence-electron chi connectivity index (χ4n) is 3.77. The summed E-state index contributed by atoms with van der Waals surface area (Å²) in [4.78, 5) is 8.52. The highest BCUT2D eigenvalue weighted by Crippen LogP contribution is 2.31. The minimum Gasteiger partial charge on any atom is -0.345 e. The number of hydrogen-bond acceptors (Lipinski definition) is 2. The van der Waals surface area contributed by atoms with Crippen LogP contribution in [0.15, 0.2) is 77.3 Å². The third-order valence-corrected chi connectivity index (χ3v) is 6.11. The summed E-state index contributed by atoms with van der Waals surface area (Å²) in [7, 11) is 0. The van der Waals surface area contributed by atoms with Gasteiger partial charge in [-0.05, 0) is 35.2 Å². The van der Waals surface area contributed by atoms with Crippen LogP contribution < -0.4 is 0 Å². The van der Waals surface area contributed by atoms with Crippen LogP contribution in [0.25, 0.3) is 22.4 Å². The van der Waals surface area contributed by atoms with Crippen molar-refractivity contribution in [3.8, 4) is 28.5 Å². The first-order valence-electron chi connectivity index (χ1n) is 10.6. The molecule has 31 heavy (non-hydrogen) atoms. The van der Waals surface area contributed by atoms with Crippen molar-refractivity contribution in [1.29, 1.82) is 5.26 Å². The van der Waals surface area contributed by atoms with E-state index in [0.29, 0.717) is 5.56 Å². The number of rotatable bonds is 7. The molecule has 4 aromatic rings. The van der Waals surface area contributed by atoms with Gasteiger partial charge in [0.05, 0.1) is 17.3 Å². The number of unbranched alkanes of at least 4 members (excludes halogenated alkanes) is 1. The van der Waals surface area contributed by atoms with E-state index in [2.05, 4.69) is 70.3 Å². The molecule has 0 amide bonds. The van der Waals surface area contributed by atoms with Crippen LogP contribution in [-0.2, 0) is 12.8 Å². The zero-order valence-corrected chi connectivity index (χ0v) is 19.1. The highest BCUT2D eigenvalue weighted by atomic mass is 79.9. The summed E-state index contributed by atoms with van der Waals surface area (Å²) < 4.78 is 1.05. The Hall–Kier alpha value is -3.16. The molecule has 4 heteroatoms. The lowest BCUT2D eigenvalue weighted by molar-refractivity contribution is 0.760. The van der Waals surface area contributed by atoms with E-state index in [-0.39, 0.29) is 0 Å². The molecule has 0 aliphatic heterocycles. The van der Waals surface area contributed by atoms with Crippen molar-refractivity contribution in [2.24, 2.45) is 0 Å². The number of aryl methyl sites for hydroxylation is 1. The standard InChI is InChI=1S/C27H24BrN3/c1-2-3-12-26-30-25(27(31-26)23-10-6-7-11-24(23)28)17-19-13-15-20(16-14-19)22-9-5-4-8-21(22)18-29/h4-11,13-16H,2-3,12,17H2,1H3,(H,30,31). The molecular formula is C27H24BrN3. The van der Waals surface area contributed by atoms with E-state index < -0.39 is 0 Å². The van der Waals surface area contributed by atoms with E-state index >= 15 is 0 Å². The number of imidazole rings is 1. The molecule has 1 aromatic heterocycles. The number of hydrogen-bond donors (Lipinski definition) is 1. The SMILES string of the molecule is CCCCc1nc(-c2ccccc2Br)c(Cc2ccc(-c3ccccc3C#N)cc2)[nH]1. The Morgan fingerprint density at radius 1 is 0.935 bits per heavy atom. The van der Waals surface area contributed by atoms with Gasteiger partial charge in [0.25, 0.3) is 0 Å². The molecule has 0 unspecified atom stereocenters. The van der Waals surface area contributed by atoms with E-state index in [1.807, 2.05) is 36.4 Å². The lowest BCUT2D eigenvalue weighted by atomic mass is 9.98. The van der Waals surface area contributed by atoms with E-state index in [1.165, 1.54) is 5.56 Å². The van der Waals surface area contributed by atoms with Crippen molar-refractivity contribution in [2.45, 2.75) is 32.6 Å². The van der Waals surface area contributed by atoms with Crippen LogP contribution in [0.4, 0.5) is 0 Å². The summed E-state index contributed by atoms with van der Waals surface area (Å²) in [6.07, 6.45) is 4.00. The summed E-state index contributed by atoms with van der Waals surface area (Å²) >= 11 is 3.68. The second kappa shape index (κ2) is 9.76. The van der Waals surface area contributed by atoms with Crippen molar-refractivity contribution >= 4 is 15.9 Å². The Labute approximate surface area is 191 Å². The third-order valence-electron chi connectivity index (χ3n) is 5.42. The van der Waals surface area contributed by atoms with Crippen LogP contribution in [-0.4, -0.2) is 9.97 Å². The molecule has 0 aliphatic carbocycles. The zero-order valence-electron chi connectivity index (χ0n) is 17.5. The molecule has 4 rings (SSSR count). The van der Waals surface area contributed by atoms with E-state index in [1.54, 1.807) is 0 Å². The van der Waals surface area contributed by atoms with Crippen LogP contribution in [0.2, 0.25) is 0 Å².